The number of benzene rings is 1. The predicted molar refractivity (Wildman–Crippen MR) is 55.0 cm³/mol. The molecule has 13 heavy (non-hydrogen) atoms. The fraction of sp³-hybridized carbons (Fsp3) is 0.300. The summed E-state index contributed by atoms with van der Waals surface area (Å²) in [6, 6.07) is 9.01. The van der Waals surface area contributed by atoms with Gasteiger partial charge in [-0.1, -0.05) is 18.2 Å². The van der Waals surface area contributed by atoms with Crippen LogP contribution in [0.25, 0.3) is 0 Å². The highest BCUT2D eigenvalue weighted by molar-refractivity contribution is 7.99. The molecule has 66 valence electrons. The molecule has 0 fully saturated rings. The van der Waals surface area contributed by atoms with Crippen molar-refractivity contribution in [1.82, 2.24) is 5.43 Å². The first-order chi connectivity index (χ1) is 6.45. The molecule has 1 aromatic carbocycles. The number of hydrogen-bond donors (Lipinski definition) is 1. The molecular weight excluding hydrogens is 180 g/mol. The number of hydrazone groups is 1. The second-order valence-electron chi connectivity index (χ2n) is 3.40. The van der Waals surface area contributed by atoms with Gasteiger partial charge in [-0.15, -0.1) is 11.8 Å². The summed E-state index contributed by atoms with van der Waals surface area (Å²) in [6.45, 7) is 0. The van der Waals surface area contributed by atoms with Crippen LogP contribution in [0, 0.1) is 5.92 Å². The van der Waals surface area contributed by atoms with Crippen molar-refractivity contribution in [2.24, 2.45) is 11.0 Å². The molecule has 0 aliphatic carbocycles. The number of hydrogen-bond acceptors (Lipinski definition) is 3. The van der Waals surface area contributed by atoms with Crippen LogP contribution in [0.1, 0.15) is 11.6 Å². The fourth-order valence-corrected chi connectivity index (χ4v) is 3.08. The maximum absolute atomic E-state index is 4.14. The van der Waals surface area contributed by atoms with Crippen molar-refractivity contribution in [2.75, 3.05) is 5.75 Å². The molecule has 2 aliphatic heterocycles. The zero-order chi connectivity index (χ0) is 8.67. The minimum absolute atomic E-state index is 0.428. The lowest BCUT2D eigenvalue weighted by atomic mass is 9.96. The lowest BCUT2D eigenvalue weighted by Gasteiger charge is -2.25. The van der Waals surface area contributed by atoms with E-state index >= 15 is 0 Å². The third kappa shape index (κ3) is 1.07. The van der Waals surface area contributed by atoms with Crippen LogP contribution in [0.2, 0.25) is 0 Å². The van der Waals surface area contributed by atoms with Gasteiger partial charge < -0.3 is 5.43 Å². The smallest absolute Gasteiger partial charge is 0.0786 e. The number of nitrogens with zero attached hydrogens (tertiary/aromatic N) is 1. The van der Waals surface area contributed by atoms with E-state index in [4.69, 9.17) is 0 Å². The average Bonchev–Trinajstić information content (AvgIpc) is 2.65. The molecule has 2 heterocycles. The zero-order valence-corrected chi connectivity index (χ0v) is 7.92. The van der Waals surface area contributed by atoms with Gasteiger partial charge >= 0.3 is 0 Å². The summed E-state index contributed by atoms with van der Waals surface area (Å²) >= 11 is 1.93. The molecule has 3 rings (SSSR count). The van der Waals surface area contributed by atoms with Crippen LogP contribution in [0.5, 0.6) is 0 Å². The molecule has 1 N–H and O–H groups in total. The molecule has 0 saturated heterocycles. The second-order valence-corrected chi connectivity index (χ2v) is 4.46. The van der Waals surface area contributed by atoms with Gasteiger partial charge in [-0.2, -0.15) is 5.10 Å². The highest BCUT2D eigenvalue weighted by atomic mass is 32.2. The number of thioether (sulfide) groups is 1. The van der Waals surface area contributed by atoms with Crippen LogP contribution in [0.3, 0.4) is 0 Å². The molecule has 2 aliphatic rings. The molecule has 0 aromatic heterocycles. The van der Waals surface area contributed by atoms with Crippen molar-refractivity contribution in [3.8, 4) is 0 Å². The summed E-state index contributed by atoms with van der Waals surface area (Å²) in [6.07, 6.45) is 2.04. The first-order valence-electron chi connectivity index (χ1n) is 4.45. The molecule has 0 radical (unpaired) electrons. The van der Waals surface area contributed by atoms with E-state index in [9.17, 15) is 0 Å². The number of rotatable bonds is 0. The molecule has 2 unspecified atom stereocenters. The number of nitrogens with one attached hydrogen (secondary N) is 1. The Bertz CT molecular complexity index is 362. The van der Waals surface area contributed by atoms with Crippen molar-refractivity contribution in [3.05, 3.63) is 29.8 Å². The molecule has 1 aromatic rings. The highest BCUT2D eigenvalue weighted by Crippen LogP contribution is 2.40. The quantitative estimate of drug-likeness (QED) is 0.677. The van der Waals surface area contributed by atoms with Gasteiger partial charge in [0.1, 0.15) is 0 Å². The standard InChI is InChI=1S/C10H10N2S/c1-2-4-9-8(3-1)10-7(6-13-9)5-11-12-10/h1-5,7,10,12H,6H2. The highest BCUT2D eigenvalue weighted by Gasteiger charge is 2.31. The Kier molecular flexibility index (Phi) is 1.59. The lowest BCUT2D eigenvalue weighted by molar-refractivity contribution is 0.517. The first kappa shape index (κ1) is 7.44. The molecule has 3 heteroatoms. The lowest BCUT2D eigenvalue weighted by Crippen LogP contribution is -2.24. The summed E-state index contributed by atoms with van der Waals surface area (Å²) in [5.41, 5.74) is 4.57. The van der Waals surface area contributed by atoms with Crippen molar-refractivity contribution in [3.63, 3.8) is 0 Å². The molecular formula is C10H10N2S. The van der Waals surface area contributed by atoms with Crippen LogP contribution in [0.4, 0.5) is 0 Å². The van der Waals surface area contributed by atoms with Crippen LogP contribution >= 0.6 is 11.8 Å². The van der Waals surface area contributed by atoms with Gasteiger partial charge in [0, 0.05) is 22.8 Å². The van der Waals surface area contributed by atoms with Gasteiger partial charge in [0.2, 0.25) is 0 Å². The van der Waals surface area contributed by atoms with Crippen LogP contribution < -0.4 is 5.43 Å². The third-order valence-electron chi connectivity index (χ3n) is 2.59. The van der Waals surface area contributed by atoms with Crippen molar-refractivity contribution >= 4 is 18.0 Å². The SMILES string of the molecule is C1=NNC2c3ccccc3SCC12. The summed E-state index contributed by atoms with van der Waals surface area (Å²) in [5.74, 6) is 1.73. The van der Waals surface area contributed by atoms with Crippen molar-refractivity contribution in [2.45, 2.75) is 10.9 Å². The van der Waals surface area contributed by atoms with E-state index < -0.39 is 0 Å². The van der Waals surface area contributed by atoms with Gasteiger partial charge in [-0.3, -0.25) is 0 Å². The van der Waals surface area contributed by atoms with Gasteiger partial charge in [0.05, 0.1) is 6.04 Å². The van der Waals surface area contributed by atoms with Crippen molar-refractivity contribution < 1.29 is 0 Å². The molecule has 2 atom stereocenters. The monoisotopic (exact) mass is 190 g/mol. The fourth-order valence-electron chi connectivity index (χ4n) is 1.90. The van der Waals surface area contributed by atoms with Gasteiger partial charge in [0.15, 0.2) is 0 Å². The third-order valence-corrected chi connectivity index (χ3v) is 3.83. The largest absolute Gasteiger partial charge is 0.302 e. The average molecular weight is 190 g/mol. The van der Waals surface area contributed by atoms with E-state index in [0.717, 1.165) is 5.75 Å². The Morgan fingerprint density at radius 2 is 2.31 bits per heavy atom. The van der Waals surface area contributed by atoms with E-state index in [-0.39, 0.29) is 0 Å². The van der Waals surface area contributed by atoms with Crippen LogP contribution in [-0.4, -0.2) is 12.0 Å². The first-order valence-corrected chi connectivity index (χ1v) is 5.44. The summed E-state index contributed by atoms with van der Waals surface area (Å²) in [4.78, 5) is 1.40. The summed E-state index contributed by atoms with van der Waals surface area (Å²) in [5, 5.41) is 4.14. The second kappa shape index (κ2) is 2.77. The maximum atomic E-state index is 4.14. The molecule has 0 saturated carbocycles. The van der Waals surface area contributed by atoms with Gasteiger partial charge in [0.25, 0.3) is 0 Å². The van der Waals surface area contributed by atoms with Crippen LogP contribution in [0.15, 0.2) is 34.3 Å². The van der Waals surface area contributed by atoms with Gasteiger partial charge in [-0.05, 0) is 11.6 Å². The molecule has 0 amide bonds. The zero-order valence-electron chi connectivity index (χ0n) is 7.10. The topological polar surface area (TPSA) is 24.4 Å². The summed E-state index contributed by atoms with van der Waals surface area (Å²) in [7, 11) is 0. The Hall–Kier alpha value is -0.960. The molecule has 0 bridgehead atoms. The van der Waals surface area contributed by atoms with Crippen LogP contribution in [-0.2, 0) is 0 Å². The van der Waals surface area contributed by atoms with E-state index in [1.807, 2.05) is 18.0 Å². The Morgan fingerprint density at radius 3 is 3.31 bits per heavy atom. The Balaban J connectivity index is 2.08. The van der Waals surface area contributed by atoms with E-state index in [0.29, 0.717) is 12.0 Å². The number of fused-ring (bicyclic) bond motifs is 3. The molecule has 0 spiro atoms. The van der Waals surface area contributed by atoms with E-state index in [1.54, 1.807) is 0 Å². The summed E-state index contributed by atoms with van der Waals surface area (Å²) < 4.78 is 0. The minimum atomic E-state index is 0.428. The minimum Gasteiger partial charge on any atom is -0.302 e. The van der Waals surface area contributed by atoms with Crippen molar-refractivity contribution in [1.29, 1.82) is 0 Å². The normalized spacial score (nSPS) is 29.2. The predicted octanol–water partition coefficient (Wildman–Crippen LogP) is 2.04. The Labute approximate surface area is 81.4 Å². The van der Waals surface area contributed by atoms with E-state index in [1.165, 1.54) is 10.5 Å². The Morgan fingerprint density at radius 1 is 1.38 bits per heavy atom. The molecule has 2 nitrogen and oxygen atoms in total. The maximum Gasteiger partial charge on any atom is 0.0786 e. The van der Waals surface area contributed by atoms with E-state index in [2.05, 4.69) is 34.8 Å². The van der Waals surface area contributed by atoms with Gasteiger partial charge in [-0.25, -0.2) is 0 Å².